The molecule has 1 heterocycles. The predicted molar refractivity (Wildman–Crippen MR) is 113 cm³/mol. The highest BCUT2D eigenvalue weighted by atomic mass is 16.5. The van der Waals surface area contributed by atoms with Crippen molar-refractivity contribution in [3.05, 3.63) is 54.1 Å². The fraction of sp³-hybridized carbons (Fsp3) is 0.435. The van der Waals surface area contributed by atoms with E-state index in [9.17, 15) is 4.79 Å². The molecule has 2 aromatic rings. The molecule has 1 aliphatic rings. The van der Waals surface area contributed by atoms with Crippen molar-refractivity contribution in [2.75, 3.05) is 40.5 Å². The number of ether oxygens (including phenoxy) is 3. The molecule has 1 saturated heterocycles. The van der Waals surface area contributed by atoms with Crippen molar-refractivity contribution in [2.24, 2.45) is 0 Å². The van der Waals surface area contributed by atoms with E-state index in [1.54, 1.807) is 14.2 Å². The minimum absolute atomic E-state index is 0.00870. The van der Waals surface area contributed by atoms with Crippen molar-refractivity contribution in [1.82, 2.24) is 10.2 Å². The Balaban J connectivity index is 1.58. The molecule has 1 fully saturated rings. The Morgan fingerprint density at radius 1 is 1.03 bits per heavy atom. The lowest BCUT2D eigenvalue weighted by Crippen LogP contribution is -2.37. The van der Waals surface area contributed by atoms with Crippen molar-refractivity contribution in [1.29, 1.82) is 0 Å². The molecule has 1 unspecified atom stereocenters. The molecule has 6 nitrogen and oxygen atoms in total. The number of carbonyl (C=O) groups is 1. The Morgan fingerprint density at radius 2 is 1.76 bits per heavy atom. The van der Waals surface area contributed by atoms with E-state index < -0.39 is 0 Å². The summed E-state index contributed by atoms with van der Waals surface area (Å²) in [5.41, 5.74) is 1.12. The number of nitrogens with one attached hydrogen (secondary N) is 1. The molecule has 0 bridgehead atoms. The van der Waals surface area contributed by atoms with Gasteiger partial charge in [0.05, 0.1) is 33.3 Å². The number of carbonyl (C=O) groups excluding carboxylic acids is 1. The molecule has 3 rings (SSSR count). The van der Waals surface area contributed by atoms with Crippen LogP contribution in [-0.4, -0.2) is 51.3 Å². The second kappa shape index (κ2) is 10.7. The Kier molecular flexibility index (Phi) is 7.76. The van der Waals surface area contributed by atoms with E-state index in [1.165, 1.54) is 12.8 Å². The molecule has 156 valence electrons. The molecule has 0 aromatic heterocycles. The molecular weight excluding hydrogens is 368 g/mol. The van der Waals surface area contributed by atoms with Crippen molar-refractivity contribution >= 4 is 5.91 Å². The minimum Gasteiger partial charge on any atom is -0.493 e. The smallest absolute Gasteiger partial charge is 0.223 e. The zero-order valence-electron chi connectivity index (χ0n) is 17.2. The second-order valence-electron chi connectivity index (χ2n) is 7.09. The van der Waals surface area contributed by atoms with Crippen LogP contribution in [-0.2, 0) is 4.79 Å². The van der Waals surface area contributed by atoms with Gasteiger partial charge in [-0.15, -0.1) is 0 Å². The Morgan fingerprint density at radius 3 is 2.45 bits per heavy atom. The summed E-state index contributed by atoms with van der Waals surface area (Å²) in [4.78, 5) is 14.8. The van der Waals surface area contributed by atoms with Crippen LogP contribution in [0.1, 0.15) is 30.9 Å². The fourth-order valence-electron chi connectivity index (χ4n) is 3.65. The lowest BCUT2D eigenvalue weighted by molar-refractivity contribution is -0.121. The average molecular weight is 399 g/mol. The molecule has 1 amide bonds. The highest BCUT2D eigenvalue weighted by Crippen LogP contribution is 2.33. The van der Waals surface area contributed by atoms with Gasteiger partial charge in [0.15, 0.2) is 11.5 Å². The topological polar surface area (TPSA) is 60.0 Å². The molecule has 1 atom stereocenters. The van der Waals surface area contributed by atoms with E-state index in [2.05, 4.69) is 16.3 Å². The molecular formula is C23H30N2O4. The van der Waals surface area contributed by atoms with Gasteiger partial charge in [-0.1, -0.05) is 24.3 Å². The fourth-order valence-corrected chi connectivity index (χ4v) is 3.65. The summed E-state index contributed by atoms with van der Waals surface area (Å²) in [7, 11) is 3.27. The van der Waals surface area contributed by atoms with Gasteiger partial charge in [-0.05, 0) is 55.8 Å². The van der Waals surface area contributed by atoms with Gasteiger partial charge in [-0.3, -0.25) is 9.69 Å². The molecule has 0 aliphatic carbocycles. The molecule has 0 radical (unpaired) electrons. The summed E-state index contributed by atoms with van der Waals surface area (Å²) < 4.78 is 16.4. The van der Waals surface area contributed by atoms with Crippen LogP contribution in [0.5, 0.6) is 17.2 Å². The first-order valence-electron chi connectivity index (χ1n) is 10.1. The SMILES string of the molecule is COc1ccc(C(CNC(=O)CCOc2ccccc2)N2CCCC2)cc1OC. The lowest BCUT2D eigenvalue weighted by Gasteiger charge is -2.28. The Bertz CT molecular complexity index is 776. The maximum absolute atomic E-state index is 12.4. The van der Waals surface area contributed by atoms with E-state index in [1.807, 2.05) is 42.5 Å². The molecule has 2 aromatic carbocycles. The lowest BCUT2D eigenvalue weighted by atomic mass is 10.0. The van der Waals surface area contributed by atoms with Crippen LogP contribution in [0.25, 0.3) is 0 Å². The summed E-state index contributed by atoms with van der Waals surface area (Å²) in [5, 5.41) is 3.08. The quantitative estimate of drug-likeness (QED) is 0.664. The average Bonchev–Trinajstić information content (AvgIpc) is 3.29. The third-order valence-corrected chi connectivity index (χ3v) is 5.21. The van der Waals surface area contributed by atoms with Crippen LogP contribution >= 0.6 is 0 Å². The Labute approximate surface area is 172 Å². The van der Waals surface area contributed by atoms with Crippen molar-refractivity contribution in [3.8, 4) is 17.2 Å². The molecule has 0 spiro atoms. The van der Waals surface area contributed by atoms with E-state index in [0.717, 1.165) is 24.4 Å². The highest BCUT2D eigenvalue weighted by molar-refractivity contribution is 5.76. The van der Waals surface area contributed by atoms with Gasteiger partial charge < -0.3 is 19.5 Å². The number of para-hydroxylation sites is 1. The number of rotatable bonds is 10. The van der Waals surface area contributed by atoms with Gasteiger partial charge in [-0.25, -0.2) is 0 Å². The van der Waals surface area contributed by atoms with Crippen molar-refractivity contribution in [2.45, 2.75) is 25.3 Å². The molecule has 1 aliphatic heterocycles. The first-order chi connectivity index (χ1) is 14.2. The molecule has 1 N–H and O–H groups in total. The third-order valence-electron chi connectivity index (χ3n) is 5.21. The van der Waals surface area contributed by atoms with Gasteiger partial charge in [0.2, 0.25) is 5.91 Å². The van der Waals surface area contributed by atoms with E-state index in [4.69, 9.17) is 14.2 Å². The van der Waals surface area contributed by atoms with E-state index >= 15 is 0 Å². The first kappa shape index (κ1) is 21.0. The minimum atomic E-state index is -0.00870. The number of benzene rings is 2. The molecule has 0 saturated carbocycles. The van der Waals surface area contributed by atoms with Crippen molar-refractivity contribution < 1.29 is 19.0 Å². The van der Waals surface area contributed by atoms with Crippen LogP contribution in [0.15, 0.2) is 48.5 Å². The largest absolute Gasteiger partial charge is 0.493 e. The second-order valence-corrected chi connectivity index (χ2v) is 7.09. The standard InChI is InChI=1S/C23H30N2O4/c1-27-21-11-10-18(16-22(21)28-2)20(25-13-6-7-14-25)17-24-23(26)12-15-29-19-8-4-3-5-9-19/h3-5,8-11,16,20H,6-7,12-15,17H2,1-2H3,(H,24,26). The summed E-state index contributed by atoms with van der Waals surface area (Å²) in [6.07, 6.45) is 2.69. The third kappa shape index (κ3) is 5.87. The first-order valence-corrected chi connectivity index (χ1v) is 10.1. The van der Waals surface area contributed by atoms with Gasteiger partial charge >= 0.3 is 0 Å². The molecule has 6 heteroatoms. The number of nitrogens with zero attached hydrogens (tertiary/aromatic N) is 1. The van der Waals surface area contributed by atoms with Crippen molar-refractivity contribution in [3.63, 3.8) is 0 Å². The van der Waals surface area contributed by atoms with Crippen LogP contribution in [0.4, 0.5) is 0 Å². The zero-order valence-corrected chi connectivity index (χ0v) is 17.2. The number of hydrogen-bond donors (Lipinski definition) is 1. The van der Waals surface area contributed by atoms with Gasteiger partial charge in [-0.2, -0.15) is 0 Å². The monoisotopic (exact) mass is 398 g/mol. The van der Waals surface area contributed by atoms with E-state index in [-0.39, 0.29) is 11.9 Å². The van der Waals surface area contributed by atoms with Gasteiger partial charge in [0.25, 0.3) is 0 Å². The molecule has 29 heavy (non-hydrogen) atoms. The summed E-state index contributed by atoms with van der Waals surface area (Å²) >= 11 is 0. The predicted octanol–water partition coefficient (Wildman–Crippen LogP) is 3.43. The summed E-state index contributed by atoms with van der Waals surface area (Å²) in [5.74, 6) is 2.18. The Hall–Kier alpha value is -2.73. The van der Waals surface area contributed by atoms with Crippen LogP contribution in [0.2, 0.25) is 0 Å². The number of hydrogen-bond acceptors (Lipinski definition) is 5. The maximum atomic E-state index is 12.4. The normalized spacial score (nSPS) is 15.0. The number of methoxy groups -OCH3 is 2. The number of amides is 1. The highest BCUT2D eigenvalue weighted by Gasteiger charge is 2.25. The van der Waals surface area contributed by atoms with E-state index in [0.29, 0.717) is 31.1 Å². The summed E-state index contributed by atoms with van der Waals surface area (Å²) in [6, 6.07) is 15.6. The van der Waals surface area contributed by atoms with Crippen LogP contribution < -0.4 is 19.5 Å². The summed E-state index contributed by atoms with van der Waals surface area (Å²) in [6.45, 7) is 2.98. The van der Waals surface area contributed by atoms with Gasteiger partial charge in [0, 0.05) is 6.54 Å². The zero-order chi connectivity index (χ0) is 20.5. The van der Waals surface area contributed by atoms with Gasteiger partial charge in [0.1, 0.15) is 5.75 Å². The van der Waals surface area contributed by atoms with Crippen LogP contribution in [0, 0.1) is 0 Å². The maximum Gasteiger partial charge on any atom is 0.223 e. The number of likely N-dealkylation sites (tertiary alicyclic amines) is 1. The van der Waals surface area contributed by atoms with Crippen LogP contribution in [0.3, 0.4) is 0 Å².